The van der Waals surface area contributed by atoms with Crippen LogP contribution in [-0.2, 0) is 4.79 Å². The molecule has 2 aromatic carbocycles. The lowest BCUT2D eigenvalue weighted by Gasteiger charge is -2.10. The summed E-state index contributed by atoms with van der Waals surface area (Å²) in [5, 5.41) is 2.79. The van der Waals surface area contributed by atoms with E-state index in [2.05, 4.69) is 19.2 Å². The minimum absolute atomic E-state index is 0.0248. The van der Waals surface area contributed by atoms with Gasteiger partial charge < -0.3 is 10.1 Å². The van der Waals surface area contributed by atoms with E-state index in [4.69, 9.17) is 4.74 Å². The summed E-state index contributed by atoms with van der Waals surface area (Å²) in [5.41, 5.74) is 1.33. The number of amides is 1. The van der Waals surface area contributed by atoms with Crippen LogP contribution in [0.5, 0.6) is 5.75 Å². The van der Waals surface area contributed by atoms with E-state index in [-0.39, 0.29) is 24.5 Å². The maximum Gasteiger partial charge on any atom is 0.224 e. The van der Waals surface area contributed by atoms with E-state index in [0.717, 1.165) is 5.75 Å². The minimum atomic E-state index is -0.171. The maximum absolute atomic E-state index is 12.0. The third-order valence-corrected chi connectivity index (χ3v) is 3.40. The number of carbonyl (C=O) groups is 2. The highest BCUT2D eigenvalue weighted by Crippen LogP contribution is 2.17. The Labute approximate surface area is 142 Å². The number of nitrogens with one attached hydrogen (secondary N) is 1. The SMILES string of the molecule is CC(C)COc1ccc(NC(=O)CCC(=O)c2ccccc2)cc1. The monoisotopic (exact) mass is 325 g/mol. The topological polar surface area (TPSA) is 55.4 Å². The van der Waals surface area contributed by atoms with Gasteiger partial charge in [0.15, 0.2) is 5.78 Å². The zero-order chi connectivity index (χ0) is 17.4. The Bertz CT molecular complexity index is 663. The zero-order valence-corrected chi connectivity index (χ0v) is 14.1. The Hall–Kier alpha value is -2.62. The summed E-state index contributed by atoms with van der Waals surface area (Å²) in [6.07, 6.45) is 0.366. The molecule has 0 aliphatic heterocycles. The maximum atomic E-state index is 12.0. The molecule has 0 aliphatic carbocycles. The first-order valence-corrected chi connectivity index (χ1v) is 8.15. The molecule has 2 rings (SSSR count). The predicted octanol–water partition coefficient (Wildman–Crippen LogP) is 4.32. The van der Waals surface area contributed by atoms with Gasteiger partial charge >= 0.3 is 0 Å². The van der Waals surface area contributed by atoms with Gasteiger partial charge in [-0.1, -0.05) is 44.2 Å². The fourth-order valence-corrected chi connectivity index (χ4v) is 2.12. The standard InChI is InChI=1S/C20H23NO3/c1-15(2)14-24-18-10-8-17(9-11-18)21-20(23)13-12-19(22)16-6-4-3-5-7-16/h3-11,15H,12-14H2,1-2H3,(H,21,23). The molecule has 0 atom stereocenters. The van der Waals surface area contributed by atoms with Gasteiger partial charge in [-0.15, -0.1) is 0 Å². The summed E-state index contributed by atoms with van der Waals surface area (Å²) in [5.74, 6) is 1.05. The van der Waals surface area contributed by atoms with Gasteiger partial charge in [-0.3, -0.25) is 9.59 Å². The molecule has 0 unspecified atom stereocenters. The second kappa shape index (κ2) is 8.87. The molecule has 0 radical (unpaired) electrons. The van der Waals surface area contributed by atoms with Crippen molar-refractivity contribution >= 4 is 17.4 Å². The van der Waals surface area contributed by atoms with Gasteiger partial charge in [0.25, 0.3) is 0 Å². The lowest BCUT2D eigenvalue weighted by molar-refractivity contribution is -0.116. The molecule has 4 heteroatoms. The molecule has 0 saturated carbocycles. The third-order valence-electron chi connectivity index (χ3n) is 3.40. The van der Waals surface area contributed by atoms with Crippen molar-refractivity contribution in [2.45, 2.75) is 26.7 Å². The number of rotatable bonds is 8. The molecule has 0 bridgehead atoms. The number of carbonyl (C=O) groups excluding carboxylic acids is 2. The molecule has 1 N–H and O–H groups in total. The fourth-order valence-electron chi connectivity index (χ4n) is 2.12. The van der Waals surface area contributed by atoms with E-state index < -0.39 is 0 Å². The van der Waals surface area contributed by atoms with Gasteiger partial charge in [-0.05, 0) is 30.2 Å². The quantitative estimate of drug-likeness (QED) is 0.735. The Morgan fingerprint density at radius 3 is 2.25 bits per heavy atom. The van der Waals surface area contributed by atoms with Crippen molar-refractivity contribution in [2.75, 3.05) is 11.9 Å². The summed E-state index contributed by atoms with van der Waals surface area (Å²) in [4.78, 5) is 23.9. The van der Waals surface area contributed by atoms with Crippen molar-refractivity contribution in [1.82, 2.24) is 0 Å². The van der Waals surface area contributed by atoms with Crippen LogP contribution in [0.25, 0.3) is 0 Å². The first-order chi connectivity index (χ1) is 11.5. The molecule has 0 fully saturated rings. The summed E-state index contributed by atoms with van der Waals surface area (Å²) in [7, 11) is 0. The van der Waals surface area contributed by atoms with Crippen molar-refractivity contribution in [3.63, 3.8) is 0 Å². The van der Waals surface area contributed by atoms with Crippen molar-refractivity contribution in [1.29, 1.82) is 0 Å². The van der Waals surface area contributed by atoms with Crippen molar-refractivity contribution in [3.05, 3.63) is 60.2 Å². The smallest absolute Gasteiger partial charge is 0.224 e. The molecule has 0 aromatic heterocycles. The van der Waals surface area contributed by atoms with E-state index >= 15 is 0 Å². The second-order valence-electron chi connectivity index (χ2n) is 6.07. The molecule has 2 aromatic rings. The third kappa shape index (κ3) is 5.88. The molecule has 0 saturated heterocycles. The Kier molecular flexibility index (Phi) is 6.55. The zero-order valence-electron chi connectivity index (χ0n) is 14.1. The van der Waals surface area contributed by atoms with Crippen molar-refractivity contribution < 1.29 is 14.3 Å². The van der Waals surface area contributed by atoms with Crippen LogP contribution in [0.2, 0.25) is 0 Å². The molecule has 0 spiro atoms. The number of Topliss-reactive ketones (excluding diaryl/α,β-unsaturated/α-hetero) is 1. The normalized spacial score (nSPS) is 10.5. The number of anilines is 1. The first-order valence-electron chi connectivity index (χ1n) is 8.15. The summed E-state index contributed by atoms with van der Waals surface area (Å²) < 4.78 is 5.60. The van der Waals surface area contributed by atoms with Gasteiger partial charge in [0, 0.05) is 24.1 Å². The Morgan fingerprint density at radius 2 is 1.62 bits per heavy atom. The number of ether oxygens (including phenoxy) is 1. The van der Waals surface area contributed by atoms with Crippen LogP contribution in [0.15, 0.2) is 54.6 Å². The van der Waals surface area contributed by atoms with E-state index in [0.29, 0.717) is 23.8 Å². The molecule has 4 nitrogen and oxygen atoms in total. The van der Waals surface area contributed by atoms with Crippen LogP contribution in [0.3, 0.4) is 0 Å². The average molecular weight is 325 g/mol. The van der Waals surface area contributed by atoms with Gasteiger partial charge in [-0.2, -0.15) is 0 Å². The van der Waals surface area contributed by atoms with Crippen LogP contribution in [0.1, 0.15) is 37.0 Å². The predicted molar refractivity (Wildman–Crippen MR) is 95.4 cm³/mol. The molecule has 0 aliphatic rings. The molecule has 24 heavy (non-hydrogen) atoms. The van der Waals surface area contributed by atoms with Crippen LogP contribution < -0.4 is 10.1 Å². The summed E-state index contributed by atoms with van der Waals surface area (Å²) >= 11 is 0. The Morgan fingerprint density at radius 1 is 0.958 bits per heavy atom. The van der Waals surface area contributed by atoms with Crippen molar-refractivity contribution in [2.24, 2.45) is 5.92 Å². The molecule has 0 heterocycles. The highest BCUT2D eigenvalue weighted by Gasteiger charge is 2.09. The van der Waals surface area contributed by atoms with Crippen LogP contribution >= 0.6 is 0 Å². The van der Waals surface area contributed by atoms with Gasteiger partial charge in [0.2, 0.25) is 5.91 Å². The molecule has 126 valence electrons. The number of hydrogen-bond acceptors (Lipinski definition) is 3. The van der Waals surface area contributed by atoms with E-state index in [1.165, 1.54) is 0 Å². The molecular formula is C20H23NO3. The van der Waals surface area contributed by atoms with Crippen molar-refractivity contribution in [3.8, 4) is 5.75 Å². The van der Waals surface area contributed by atoms with Gasteiger partial charge in [0.05, 0.1) is 6.61 Å². The summed E-state index contributed by atoms with van der Waals surface area (Å²) in [6, 6.07) is 16.3. The van der Waals surface area contributed by atoms with E-state index in [1.54, 1.807) is 24.3 Å². The Balaban J connectivity index is 1.79. The number of ketones is 1. The van der Waals surface area contributed by atoms with Crippen LogP contribution in [0.4, 0.5) is 5.69 Å². The molecular weight excluding hydrogens is 302 g/mol. The van der Waals surface area contributed by atoms with Gasteiger partial charge in [0.1, 0.15) is 5.75 Å². The van der Waals surface area contributed by atoms with Crippen LogP contribution in [0, 0.1) is 5.92 Å². The minimum Gasteiger partial charge on any atom is -0.493 e. The van der Waals surface area contributed by atoms with Crippen LogP contribution in [-0.4, -0.2) is 18.3 Å². The number of hydrogen-bond donors (Lipinski definition) is 1. The first kappa shape index (κ1) is 17.7. The average Bonchev–Trinajstić information content (AvgIpc) is 2.60. The highest BCUT2D eigenvalue weighted by atomic mass is 16.5. The largest absolute Gasteiger partial charge is 0.493 e. The van der Waals surface area contributed by atoms with E-state index in [9.17, 15) is 9.59 Å². The molecule has 1 amide bonds. The highest BCUT2D eigenvalue weighted by molar-refractivity contribution is 5.99. The van der Waals surface area contributed by atoms with E-state index in [1.807, 2.05) is 30.3 Å². The fraction of sp³-hybridized carbons (Fsp3) is 0.300. The second-order valence-corrected chi connectivity index (χ2v) is 6.07. The summed E-state index contributed by atoms with van der Waals surface area (Å²) in [6.45, 7) is 4.84. The lowest BCUT2D eigenvalue weighted by atomic mass is 10.1. The lowest BCUT2D eigenvalue weighted by Crippen LogP contribution is -2.13. The number of benzene rings is 2. The van der Waals surface area contributed by atoms with Gasteiger partial charge in [-0.25, -0.2) is 0 Å².